The van der Waals surface area contributed by atoms with Gasteiger partial charge < -0.3 is 0 Å². The first kappa shape index (κ1) is 17.0. The van der Waals surface area contributed by atoms with Crippen LogP contribution in [0.1, 0.15) is 51.0 Å². The largest absolute Gasteiger partial charge is 0.273 e. The van der Waals surface area contributed by atoms with Crippen LogP contribution < -0.4 is 5.43 Å². The Morgan fingerprint density at radius 2 is 1.85 bits per heavy atom. The molecule has 0 aliphatic heterocycles. The average Bonchev–Trinajstić information content (AvgIpc) is 2.42. The average molecular weight is 315 g/mol. The van der Waals surface area contributed by atoms with Crippen molar-refractivity contribution in [2.45, 2.75) is 45.4 Å². The van der Waals surface area contributed by atoms with E-state index in [1.807, 2.05) is 0 Å². The van der Waals surface area contributed by atoms with Gasteiger partial charge in [0.1, 0.15) is 0 Å². The van der Waals surface area contributed by atoms with Crippen LogP contribution in [-0.2, 0) is 4.79 Å². The van der Waals surface area contributed by atoms with Crippen molar-refractivity contribution < 1.29 is 4.79 Å². The molecule has 0 saturated carbocycles. The maximum atomic E-state index is 11.5. The first-order chi connectivity index (χ1) is 9.65. The van der Waals surface area contributed by atoms with E-state index in [-0.39, 0.29) is 5.91 Å². The molecule has 1 N–H and O–H groups in total. The molecule has 0 unspecified atom stereocenters. The van der Waals surface area contributed by atoms with Gasteiger partial charge in [-0.25, -0.2) is 5.43 Å². The van der Waals surface area contributed by atoms with Crippen LogP contribution in [0.5, 0.6) is 0 Å². The summed E-state index contributed by atoms with van der Waals surface area (Å²) < 4.78 is 0. The molecule has 110 valence electrons. The highest BCUT2D eigenvalue weighted by atomic mass is 35.5. The van der Waals surface area contributed by atoms with Crippen LogP contribution in [-0.4, -0.2) is 12.1 Å². The number of halogens is 2. The molecule has 0 aliphatic carbocycles. The summed E-state index contributed by atoms with van der Waals surface area (Å²) in [6, 6.07) is 5.21. The Labute approximate surface area is 130 Å². The molecule has 1 rings (SSSR count). The third-order valence-electron chi connectivity index (χ3n) is 2.89. The number of hydrogen-bond acceptors (Lipinski definition) is 2. The standard InChI is InChI=1S/C15H20Cl2N2O/c1-2-3-4-5-6-10-15(20)19-18-11-12-13(16)8-7-9-14(12)17/h7-9,11H,2-6,10H2,1H3,(H,19,20)/b18-11-. The van der Waals surface area contributed by atoms with Gasteiger partial charge in [-0.1, -0.05) is 61.9 Å². The van der Waals surface area contributed by atoms with Crippen molar-refractivity contribution in [3.05, 3.63) is 33.8 Å². The third-order valence-corrected chi connectivity index (χ3v) is 3.55. The lowest BCUT2D eigenvalue weighted by Crippen LogP contribution is -2.16. The number of unbranched alkanes of at least 4 members (excludes halogenated alkanes) is 4. The number of carbonyl (C=O) groups excluding carboxylic acids is 1. The highest BCUT2D eigenvalue weighted by molar-refractivity contribution is 6.38. The van der Waals surface area contributed by atoms with Crippen LogP contribution in [0, 0.1) is 0 Å². The van der Waals surface area contributed by atoms with Crippen molar-refractivity contribution >= 4 is 35.3 Å². The van der Waals surface area contributed by atoms with Crippen LogP contribution >= 0.6 is 23.2 Å². The van der Waals surface area contributed by atoms with Crippen molar-refractivity contribution in [3.63, 3.8) is 0 Å². The fourth-order valence-corrected chi connectivity index (χ4v) is 2.24. The molecular formula is C15H20Cl2N2O. The number of hydrogen-bond donors (Lipinski definition) is 1. The molecule has 5 heteroatoms. The number of rotatable bonds is 8. The first-order valence-electron chi connectivity index (χ1n) is 6.91. The maximum Gasteiger partial charge on any atom is 0.240 e. The number of nitrogens with zero attached hydrogens (tertiary/aromatic N) is 1. The molecule has 1 aromatic carbocycles. The van der Waals surface area contributed by atoms with Crippen molar-refractivity contribution in [1.82, 2.24) is 5.43 Å². The summed E-state index contributed by atoms with van der Waals surface area (Å²) in [5.41, 5.74) is 3.10. The zero-order chi connectivity index (χ0) is 14.8. The number of nitrogens with one attached hydrogen (secondary N) is 1. The highest BCUT2D eigenvalue weighted by Crippen LogP contribution is 2.21. The molecule has 0 heterocycles. The van der Waals surface area contributed by atoms with Crippen molar-refractivity contribution in [2.75, 3.05) is 0 Å². The van der Waals surface area contributed by atoms with E-state index >= 15 is 0 Å². The summed E-state index contributed by atoms with van der Waals surface area (Å²) in [4.78, 5) is 11.5. The van der Waals surface area contributed by atoms with Crippen LogP contribution in [0.25, 0.3) is 0 Å². The molecule has 0 bridgehead atoms. The number of amides is 1. The normalized spacial score (nSPS) is 10.9. The second-order valence-electron chi connectivity index (χ2n) is 4.59. The van der Waals surface area contributed by atoms with Gasteiger partial charge in [0.25, 0.3) is 0 Å². The quantitative estimate of drug-likeness (QED) is 0.418. The first-order valence-corrected chi connectivity index (χ1v) is 7.66. The summed E-state index contributed by atoms with van der Waals surface area (Å²) in [6.45, 7) is 2.17. The summed E-state index contributed by atoms with van der Waals surface area (Å²) in [6.07, 6.45) is 7.56. The van der Waals surface area contributed by atoms with Gasteiger partial charge in [-0.3, -0.25) is 4.79 Å². The minimum atomic E-state index is -0.0825. The van der Waals surface area contributed by atoms with E-state index in [2.05, 4.69) is 17.5 Å². The summed E-state index contributed by atoms with van der Waals surface area (Å²) in [7, 11) is 0. The second kappa shape index (κ2) is 9.78. The predicted octanol–water partition coefficient (Wildman–Crippen LogP) is 4.80. The van der Waals surface area contributed by atoms with E-state index in [9.17, 15) is 4.79 Å². The van der Waals surface area contributed by atoms with Gasteiger partial charge in [0, 0.05) is 12.0 Å². The molecule has 20 heavy (non-hydrogen) atoms. The lowest BCUT2D eigenvalue weighted by molar-refractivity contribution is -0.121. The Morgan fingerprint density at radius 1 is 1.20 bits per heavy atom. The van der Waals surface area contributed by atoms with E-state index in [0.29, 0.717) is 22.0 Å². The second-order valence-corrected chi connectivity index (χ2v) is 5.41. The van der Waals surface area contributed by atoms with Crippen LogP contribution in [0.2, 0.25) is 10.0 Å². The van der Waals surface area contributed by atoms with E-state index < -0.39 is 0 Å². The fourth-order valence-electron chi connectivity index (χ4n) is 1.75. The van der Waals surface area contributed by atoms with E-state index in [0.717, 1.165) is 12.8 Å². The minimum Gasteiger partial charge on any atom is -0.273 e. The van der Waals surface area contributed by atoms with Gasteiger partial charge in [-0.15, -0.1) is 0 Å². The molecule has 0 saturated heterocycles. The Hall–Kier alpha value is -1.06. The molecule has 0 fully saturated rings. The molecule has 0 radical (unpaired) electrons. The molecular weight excluding hydrogens is 295 g/mol. The number of benzene rings is 1. The zero-order valence-electron chi connectivity index (χ0n) is 11.7. The van der Waals surface area contributed by atoms with Crippen molar-refractivity contribution in [3.8, 4) is 0 Å². The van der Waals surface area contributed by atoms with Gasteiger partial charge in [0.15, 0.2) is 0 Å². The molecule has 0 aliphatic rings. The van der Waals surface area contributed by atoms with Gasteiger partial charge in [-0.05, 0) is 18.6 Å². The van der Waals surface area contributed by atoms with Gasteiger partial charge >= 0.3 is 0 Å². The van der Waals surface area contributed by atoms with Crippen LogP contribution in [0.15, 0.2) is 23.3 Å². The molecule has 0 spiro atoms. The molecule has 0 aromatic heterocycles. The van der Waals surface area contributed by atoms with E-state index in [4.69, 9.17) is 23.2 Å². The predicted molar refractivity (Wildman–Crippen MR) is 85.6 cm³/mol. The Morgan fingerprint density at radius 3 is 2.50 bits per heavy atom. The Kier molecular flexibility index (Phi) is 8.31. The lowest BCUT2D eigenvalue weighted by atomic mass is 10.1. The minimum absolute atomic E-state index is 0.0825. The summed E-state index contributed by atoms with van der Waals surface area (Å²) in [5.74, 6) is -0.0825. The topological polar surface area (TPSA) is 41.5 Å². The molecule has 3 nitrogen and oxygen atoms in total. The Bertz CT molecular complexity index is 441. The maximum absolute atomic E-state index is 11.5. The molecule has 0 atom stereocenters. The number of carbonyl (C=O) groups is 1. The third kappa shape index (κ3) is 6.40. The van der Waals surface area contributed by atoms with E-state index in [1.54, 1.807) is 18.2 Å². The van der Waals surface area contributed by atoms with Crippen LogP contribution in [0.3, 0.4) is 0 Å². The highest BCUT2D eigenvalue weighted by Gasteiger charge is 2.03. The number of hydrazone groups is 1. The monoisotopic (exact) mass is 314 g/mol. The van der Waals surface area contributed by atoms with Gasteiger partial charge in [-0.2, -0.15) is 5.10 Å². The lowest BCUT2D eigenvalue weighted by Gasteiger charge is -2.02. The summed E-state index contributed by atoms with van der Waals surface area (Å²) >= 11 is 12.0. The van der Waals surface area contributed by atoms with Gasteiger partial charge in [0.05, 0.1) is 16.3 Å². The van der Waals surface area contributed by atoms with Crippen molar-refractivity contribution in [2.24, 2.45) is 5.10 Å². The van der Waals surface area contributed by atoms with E-state index in [1.165, 1.54) is 25.5 Å². The SMILES string of the molecule is CCCCCCCC(=O)N/N=C\c1c(Cl)cccc1Cl. The van der Waals surface area contributed by atoms with Gasteiger partial charge in [0.2, 0.25) is 5.91 Å². The Balaban J connectivity index is 2.32. The zero-order valence-corrected chi connectivity index (χ0v) is 13.2. The molecule has 1 amide bonds. The van der Waals surface area contributed by atoms with Crippen molar-refractivity contribution in [1.29, 1.82) is 0 Å². The smallest absolute Gasteiger partial charge is 0.240 e. The van der Waals surface area contributed by atoms with Crippen LogP contribution in [0.4, 0.5) is 0 Å². The molecule has 1 aromatic rings. The summed E-state index contributed by atoms with van der Waals surface area (Å²) in [5, 5.41) is 4.90. The fraction of sp³-hybridized carbons (Fsp3) is 0.467.